The quantitative estimate of drug-likeness (QED) is 0.165. The van der Waals surface area contributed by atoms with Crippen LogP contribution in [0.3, 0.4) is 0 Å². The lowest BCUT2D eigenvalue weighted by atomic mass is 10.0. The highest BCUT2D eigenvalue weighted by molar-refractivity contribution is 5.85. The molecule has 0 aliphatic heterocycles. The zero-order valence-electron chi connectivity index (χ0n) is 53.5. The summed E-state index contributed by atoms with van der Waals surface area (Å²) in [6.07, 6.45) is 0. The molecule has 0 aliphatic rings. The average Bonchev–Trinajstić information content (AvgIpc) is 2.95. The summed E-state index contributed by atoms with van der Waals surface area (Å²) in [5.74, 6) is 1.83. The molecule has 0 aliphatic carbocycles. The fourth-order valence-electron chi connectivity index (χ4n) is 9.63. The Balaban J connectivity index is 0.000000147. The third-order valence-corrected chi connectivity index (χ3v) is 14.5. The Bertz CT molecular complexity index is 4210. The number of aryl methyl sites for hydroxylation is 6. The maximum Gasteiger partial charge on any atom is 0.126 e. The molecule has 2 nitrogen and oxygen atoms in total. The lowest BCUT2D eigenvalue weighted by molar-refractivity contribution is 0.415. The van der Waals surface area contributed by atoms with Gasteiger partial charge in [0.2, 0.25) is 0 Å². The van der Waals surface area contributed by atoms with Crippen LogP contribution in [0.25, 0.3) is 66.1 Å². The van der Waals surface area contributed by atoms with Gasteiger partial charge >= 0.3 is 0 Å². The van der Waals surface area contributed by atoms with E-state index in [1.807, 2.05) is 103 Å². The van der Waals surface area contributed by atoms with Crippen molar-refractivity contribution in [1.29, 1.82) is 0 Å². The monoisotopic (exact) mass is 1170 g/mol. The molecule has 0 N–H and O–H groups in total. The summed E-state index contributed by atoms with van der Waals surface area (Å²) in [5.41, 5.74) is 18.0. The number of hydrogen-bond donors (Lipinski definition) is 0. The molecule has 14 rings (SSSR count). The fraction of sp³-hybridized carbons (Fsp3) is 0.0909. The normalized spacial score (nSPS) is 9.78. The second-order valence-corrected chi connectivity index (χ2v) is 21.5. The van der Waals surface area contributed by atoms with Crippen molar-refractivity contribution < 1.29 is 9.47 Å². The van der Waals surface area contributed by atoms with Crippen LogP contribution in [0, 0.1) is 41.5 Å². The molecule has 2 heteroatoms. The Morgan fingerprint density at radius 3 is 1.09 bits per heavy atom. The van der Waals surface area contributed by atoms with E-state index in [0.717, 1.165) is 17.1 Å². The van der Waals surface area contributed by atoms with Gasteiger partial charge in [-0.15, -0.1) is 0 Å². The van der Waals surface area contributed by atoms with Crippen molar-refractivity contribution in [2.24, 2.45) is 0 Å². The van der Waals surface area contributed by atoms with Crippen molar-refractivity contribution in [3.8, 4) is 56.0 Å². The van der Waals surface area contributed by atoms with Crippen LogP contribution in [0.1, 0.15) is 33.4 Å². The molecule has 0 spiro atoms. The Hall–Kier alpha value is -10.8. The summed E-state index contributed by atoms with van der Waals surface area (Å²) in [6.45, 7) is 12.7. The zero-order chi connectivity index (χ0) is 63.4. The first-order valence-electron chi connectivity index (χ1n) is 30.6. The standard InChI is InChI=1S/C13H12O.3C13H12.2C11H10.C7H8O.C7H8/c1-14-13-10-6-5-9-12(13)11-7-3-2-4-8-11;1-11-7-5-6-10-13(11)12-8-3-2-4-9-12;1-11-6-5-9-13(10-11)12-7-3-2-4-8-12;1-11-7-9-13(10-8-11)12-5-3-2-4-6-12;1-9-5-4-7-10-6-2-3-8-11(9)10;1-9-6-7-10-4-2-3-5-11(10)8-9;1-8-7-5-3-2-4-6-7;1-7-5-3-2-4-6-7/h2-10H,1H3;3*2-10H,1H3;2*2-8H,1H3;2-6H,1H3;2-6H,1H3. The Morgan fingerprint density at radius 1 is 0.200 bits per heavy atom. The summed E-state index contributed by atoms with van der Waals surface area (Å²) < 4.78 is 10.2. The van der Waals surface area contributed by atoms with Gasteiger partial charge in [0, 0.05) is 5.56 Å². The molecule has 0 aromatic heterocycles. The lowest BCUT2D eigenvalue weighted by Crippen LogP contribution is -1.86. The Labute approximate surface area is 537 Å². The molecule has 14 aromatic carbocycles. The van der Waals surface area contributed by atoms with Gasteiger partial charge in [0.15, 0.2) is 0 Å². The van der Waals surface area contributed by atoms with Gasteiger partial charge in [0.1, 0.15) is 11.5 Å². The SMILES string of the molecule is COc1ccccc1.COc1ccccc1-c1ccccc1.Cc1ccc(-c2ccccc2)cc1.Cc1ccc2ccccc2c1.Cc1cccc(-c2ccccc2)c1.Cc1cccc2ccccc12.Cc1ccccc1.Cc1ccccc1-c1ccccc1. The summed E-state index contributed by atoms with van der Waals surface area (Å²) in [6, 6.07) is 125. The van der Waals surface area contributed by atoms with E-state index in [4.69, 9.17) is 9.47 Å². The highest BCUT2D eigenvalue weighted by atomic mass is 16.5. The summed E-state index contributed by atoms with van der Waals surface area (Å²) in [4.78, 5) is 0. The molecule has 0 heterocycles. The van der Waals surface area contributed by atoms with Gasteiger partial charge in [0.25, 0.3) is 0 Å². The zero-order valence-corrected chi connectivity index (χ0v) is 53.5. The molecule has 90 heavy (non-hydrogen) atoms. The van der Waals surface area contributed by atoms with Crippen molar-refractivity contribution in [3.63, 3.8) is 0 Å². The highest BCUT2D eigenvalue weighted by Crippen LogP contribution is 2.29. The summed E-state index contributed by atoms with van der Waals surface area (Å²) in [7, 11) is 3.36. The van der Waals surface area contributed by atoms with E-state index < -0.39 is 0 Å². The van der Waals surface area contributed by atoms with E-state index in [9.17, 15) is 0 Å². The third-order valence-electron chi connectivity index (χ3n) is 14.5. The van der Waals surface area contributed by atoms with E-state index in [1.165, 1.54) is 93.9 Å². The van der Waals surface area contributed by atoms with E-state index in [-0.39, 0.29) is 0 Å². The largest absolute Gasteiger partial charge is 0.497 e. The molecule has 448 valence electrons. The van der Waals surface area contributed by atoms with Gasteiger partial charge in [-0.2, -0.15) is 0 Å². The molecule has 0 bridgehead atoms. The summed E-state index contributed by atoms with van der Waals surface area (Å²) in [5, 5.41) is 5.33. The second kappa shape index (κ2) is 37.7. The van der Waals surface area contributed by atoms with Gasteiger partial charge in [-0.25, -0.2) is 0 Å². The van der Waals surface area contributed by atoms with Crippen LogP contribution in [-0.4, -0.2) is 14.2 Å². The number of ether oxygens (including phenoxy) is 2. The molecular formula is C88H84O2. The van der Waals surface area contributed by atoms with Crippen molar-refractivity contribution in [3.05, 3.63) is 397 Å². The van der Waals surface area contributed by atoms with Crippen molar-refractivity contribution in [2.75, 3.05) is 14.2 Å². The minimum atomic E-state index is 0.910. The van der Waals surface area contributed by atoms with Crippen LogP contribution in [0.4, 0.5) is 0 Å². The topological polar surface area (TPSA) is 18.5 Å². The van der Waals surface area contributed by atoms with E-state index in [2.05, 4.69) is 302 Å². The number of para-hydroxylation sites is 2. The fourth-order valence-corrected chi connectivity index (χ4v) is 9.63. The molecule has 0 atom stereocenters. The van der Waals surface area contributed by atoms with Gasteiger partial charge < -0.3 is 9.47 Å². The van der Waals surface area contributed by atoms with Crippen LogP contribution >= 0.6 is 0 Å². The first-order chi connectivity index (χ1) is 44.1. The number of benzene rings is 14. The Kier molecular flexibility index (Phi) is 27.9. The molecule has 0 radical (unpaired) electrons. The smallest absolute Gasteiger partial charge is 0.126 e. The van der Waals surface area contributed by atoms with Crippen molar-refractivity contribution >= 4 is 21.5 Å². The van der Waals surface area contributed by atoms with Crippen LogP contribution in [0.5, 0.6) is 11.5 Å². The van der Waals surface area contributed by atoms with Crippen LogP contribution in [0.2, 0.25) is 0 Å². The van der Waals surface area contributed by atoms with Gasteiger partial charge in [0.05, 0.1) is 14.2 Å². The lowest BCUT2D eigenvalue weighted by Gasteiger charge is -2.07. The molecular weight excluding hydrogens is 1090 g/mol. The number of fused-ring (bicyclic) bond motifs is 2. The van der Waals surface area contributed by atoms with Gasteiger partial charge in [-0.05, 0) is 131 Å². The maximum atomic E-state index is 5.30. The van der Waals surface area contributed by atoms with Gasteiger partial charge in [-0.3, -0.25) is 0 Å². The first-order valence-corrected chi connectivity index (χ1v) is 30.6. The number of methoxy groups -OCH3 is 2. The van der Waals surface area contributed by atoms with Crippen molar-refractivity contribution in [2.45, 2.75) is 41.5 Å². The van der Waals surface area contributed by atoms with E-state index in [0.29, 0.717) is 0 Å². The predicted octanol–water partition coefficient (Wildman–Crippen LogP) is 24.3. The predicted molar refractivity (Wildman–Crippen MR) is 390 cm³/mol. The van der Waals surface area contributed by atoms with Crippen LogP contribution in [0.15, 0.2) is 364 Å². The summed E-state index contributed by atoms with van der Waals surface area (Å²) >= 11 is 0. The van der Waals surface area contributed by atoms with Gasteiger partial charge in [-0.1, -0.05) is 368 Å². The highest BCUT2D eigenvalue weighted by Gasteiger charge is 2.03. The van der Waals surface area contributed by atoms with Crippen molar-refractivity contribution in [1.82, 2.24) is 0 Å². The molecule has 0 saturated carbocycles. The Morgan fingerprint density at radius 2 is 0.567 bits per heavy atom. The molecule has 0 saturated heterocycles. The van der Waals surface area contributed by atoms with E-state index >= 15 is 0 Å². The molecule has 0 fully saturated rings. The van der Waals surface area contributed by atoms with Crippen LogP contribution < -0.4 is 9.47 Å². The average molecular weight is 1170 g/mol. The first kappa shape index (κ1) is 66.7. The molecule has 0 unspecified atom stereocenters. The van der Waals surface area contributed by atoms with Crippen LogP contribution in [-0.2, 0) is 0 Å². The number of rotatable bonds is 6. The second-order valence-electron chi connectivity index (χ2n) is 21.5. The third kappa shape index (κ3) is 22.8. The minimum Gasteiger partial charge on any atom is -0.497 e. The van der Waals surface area contributed by atoms with E-state index in [1.54, 1.807) is 14.2 Å². The number of hydrogen-bond acceptors (Lipinski definition) is 2. The molecule has 0 amide bonds. The molecule has 14 aromatic rings. The maximum absolute atomic E-state index is 5.30. The minimum absolute atomic E-state index is 0.910.